The summed E-state index contributed by atoms with van der Waals surface area (Å²) in [6, 6.07) is 21.8. The van der Waals surface area contributed by atoms with Crippen molar-refractivity contribution in [3.63, 3.8) is 0 Å². The van der Waals surface area contributed by atoms with Crippen molar-refractivity contribution in [2.45, 2.75) is 17.9 Å². The van der Waals surface area contributed by atoms with Crippen LogP contribution in [0.3, 0.4) is 0 Å². The summed E-state index contributed by atoms with van der Waals surface area (Å²) in [7, 11) is -3.76. The van der Waals surface area contributed by atoms with Gasteiger partial charge >= 0.3 is 0 Å². The van der Waals surface area contributed by atoms with Crippen molar-refractivity contribution in [3.8, 4) is 0 Å². The molecule has 3 aromatic carbocycles. The van der Waals surface area contributed by atoms with Crippen molar-refractivity contribution in [2.24, 2.45) is 0 Å². The minimum Gasteiger partial charge on any atom is -0.346 e. The summed E-state index contributed by atoms with van der Waals surface area (Å²) in [6.45, 7) is 1.89. The highest BCUT2D eigenvalue weighted by atomic mass is 35.5. The Hall–Kier alpha value is -2.83. The van der Waals surface area contributed by atoms with E-state index in [-0.39, 0.29) is 27.6 Å². The second-order valence-electron chi connectivity index (χ2n) is 6.22. The van der Waals surface area contributed by atoms with E-state index in [1.54, 1.807) is 18.2 Å². The molecule has 1 atom stereocenters. The predicted octanol–water partition coefficient (Wildman–Crippen LogP) is 4.63. The van der Waals surface area contributed by atoms with Gasteiger partial charge in [0.05, 0.1) is 21.6 Å². The molecule has 2 N–H and O–H groups in total. The van der Waals surface area contributed by atoms with Crippen LogP contribution in [-0.2, 0) is 10.0 Å². The first-order valence-electron chi connectivity index (χ1n) is 8.60. The summed E-state index contributed by atoms with van der Waals surface area (Å²) in [4.78, 5) is 12.6. The average molecular weight is 415 g/mol. The van der Waals surface area contributed by atoms with Crippen LogP contribution in [0.4, 0.5) is 5.69 Å². The highest BCUT2D eigenvalue weighted by molar-refractivity contribution is 7.92. The van der Waals surface area contributed by atoms with Crippen molar-refractivity contribution in [1.29, 1.82) is 0 Å². The van der Waals surface area contributed by atoms with Gasteiger partial charge in [0.1, 0.15) is 0 Å². The number of amides is 1. The number of rotatable bonds is 6. The van der Waals surface area contributed by atoms with E-state index in [2.05, 4.69) is 10.0 Å². The van der Waals surface area contributed by atoms with Gasteiger partial charge in [0, 0.05) is 5.56 Å². The molecule has 5 nitrogen and oxygen atoms in total. The Morgan fingerprint density at radius 2 is 1.54 bits per heavy atom. The van der Waals surface area contributed by atoms with Crippen LogP contribution >= 0.6 is 11.6 Å². The third-order valence-electron chi connectivity index (χ3n) is 4.18. The molecule has 0 radical (unpaired) electrons. The molecule has 0 aliphatic rings. The van der Waals surface area contributed by atoms with Gasteiger partial charge in [0.2, 0.25) is 0 Å². The normalized spacial score (nSPS) is 12.2. The van der Waals surface area contributed by atoms with E-state index in [0.29, 0.717) is 5.56 Å². The largest absolute Gasteiger partial charge is 0.346 e. The smallest absolute Gasteiger partial charge is 0.261 e. The number of carbonyl (C=O) groups is 1. The molecule has 0 saturated heterocycles. The van der Waals surface area contributed by atoms with E-state index in [1.165, 1.54) is 30.3 Å². The summed E-state index contributed by atoms with van der Waals surface area (Å²) >= 11 is 6.21. The zero-order chi connectivity index (χ0) is 20.1. The lowest BCUT2D eigenvalue weighted by molar-refractivity contribution is 0.0940. The number of hydrogen-bond donors (Lipinski definition) is 2. The van der Waals surface area contributed by atoms with E-state index in [9.17, 15) is 13.2 Å². The molecule has 0 heterocycles. The van der Waals surface area contributed by atoms with E-state index in [1.807, 2.05) is 37.3 Å². The molecule has 0 aliphatic heterocycles. The molecule has 0 aromatic heterocycles. The van der Waals surface area contributed by atoms with Crippen LogP contribution in [0.15, 0.2) is 83.8 Å². The molecular weight excluding hydrogens is 396 g/mol. The standard InChI is InChI=1S/C21H19ClN2O3S/c1-15(16-8-4-2-5-9-16)23-21(25)17-12-13-20(19(22)14-17)24-28(26,27)18-10-6-3-7-11-18/h2-15,24H,1H3,(H,23,25)/t15-/m1/s1. The molecule has 0 spiro atoms. The van der Waals surface area contributed by atoms with Gasteiger partial charge in [-0.15, -0.1) is 0 Å². The SMILES string of the molecule is C[C@@H](NC(=O)c1ccc(NS(=O)(=O)c2ccccc2)c(Cl)c1)c1ccccc1. The number of anilines is 1. The molecule has 3 rings (SSSR count). The van der Waals surface area contributed by atoms with Crippen LogP contribution < -0.4 is 10.0 Å². The Balaban J connectivity index is 1.74. The highest BCUT2D eigenvalue weighted by Crippen LogP contribution is 2.26. The molecule has 28 heavy (non-hydrogen) atoms. The number of carbonyl (C=O) groups excluding carboxylic acids is 1. The van der Waals surface area contributed by atoms with Crippen LogP contribution in [0.5, 0.6) is 0 Å². The lowest BCUT2D eigenvalue weighted by Crippen LogP contribution is -2.26. The van der Waals surface area contributed by atoms with Gasteiger partial charge in [-0.3, -0.25) is 9.52 Å². The molecule has 0 unspecified atom stereocenters. The molecule has 0 saturated carbocycles. The maximum Gasteiger partial charge on any atom is 0.261 e. The van der Waals surface area contributed by atoms with Gasteiger partial charge in [-0.05, 0) is 42.8 Å². The Bertz CT molecular complexity index is 1070. The van der Waals surface area contributed by atoms with E-state index in [0.717, 1.165) is 5.56 Å². The van der Waals surface area contributed by atoms with Crippen LogP contribution in [-0.4, -0.2) is 14.3 Å². The summed E-state index contributed by atoms with van der Waals surface area (Å²) < 4.78 is 27.3. The minimum atomic E-state index is -3.76. The Morgan fingerprint density at radius 1 is 0.929 bits per heavy atom. The van der Waals surface area contributed by atoms with Gasteiger partial charge in [0.25, 0.3) is 15.9 Å². The topological polar surface area (TPSA) is 75.3 Å². The third kappa shape index (κ3) is 4.71. The summed E-state index contributed by atoms with van der Waals surface area (Å²) in [5, 5.41) is 3.04. The Kier molecular flexibility index (Phi) is 6.02. The predicted molar refractivity (Wildman–Crippen MR) is 111 cm³/mol. The van der Waals surface area contributed by atoms with E-state index < -0.39 is 10.0 Å². The lowest BCUT2D eigenvalue weighted by atomic mass is 10.1. The quantitative estimate of drug-likeness (QED) is 0.617. The molecule has 3 aromatic rings. The van der Waals surface area contributed by atoms with Crippen LogP contribution in [0, 0.1) is 0 Å². The van der Waals surface area contributed by atoms with Gasteiger partial charge in [-0.1, -0.05) is 60.1 Å². The molecular formula is C21H19ClN2O3S. The molecule has 0 aliphatic carbocycles. The van der Waals surface area contributed by atoms with Gasteiger partial charge in [-0.2, -0.15) is 0 Å². The van der Waals surface area contributed by atoms with E-state index in [4.69, 9.17) is 11.6 Å². The molecule has 7 heteroatoms. The molecule has 1 amide bonds. The maximum absolute atomic E-state index is 12.5. The summed E-state index contributed by atoms with van der Waals surface area (Å²) in [5.74, 6) is -0.296. The number of benzene rings is 3. The van der Waals surface area contributed by atoms with Crippen molar-refractivity contribution < 1.29 is 13.2 Å². The minimum absolute atomic E-state index is 0.129. The van der Waals surface area contributed by atoms with Crippen molar-refractivity contribution in [2.75, 3.05) is 4.72 Å². The van der Waals surface area contributed by atoms with Crippen molar-refractivity contribution >= 4 is 33.2 Å². The van der Waals surface area contributed by atoms with Gasteiger partial charge in [-0.25, -0.2) is 8.42 Å². The van der Waals surface area contributed by atoms with E-state index >= 15 is 0 Å². The molecule has 0 bridgehead atoms. The number of hydrogen-bond acceptors (Lipinski definition) is 3. The highest BCUT2D eigenvalue weighted by Gasteiger charge is 2.17. The monoisotopic (exact) mass is 414 g/mol. The first-order valence-corrected chi connectivity index (χ1v) is 10.5. The zero-order valence-electron chi connectivity index (χ0n) is 15.1. The van der Waals surface area contributed by atoms with Crippen molar-refractivity contribution in [1.82, 2.24) is 5.32 Å². The van der Waals surface area contributed by atoms with Crippen LogP contribution in [0.25, 0.3) is 0 Å². The first kappa shape index (κ1) is 19.9. The summed E-state index contributed by atoms with van der Waals surface area (Å²) in [6.07, 6.45) is 0. The average Bonchev–Trinajstić information content (AvgIpc) is 2.70. The fourth-order valence-corrected chi connectivity index (χ4v) is 4.03. The number of sulfonamides is 1. The number of nitrogens with one attached hydrogen (secondary N) is 2. The lowest BCUT2D eigenvalue weighted by Gasteiger charge is -2.15. The third-order valence-corrected chi connectivity index (χ3v) is 5.87. The second-order valence-corrected chi connectivity index (χ2v) is 8.31. The summed E-state index contributed by atoms with van der Waals surface area (Å²) in [5.41, 5.74) is 1.53. The molecule has 144 valence electrons. The first-order chi connectivity index (χ1) is 13.4. The fraction of sp³-hybridized carbons (Fsp3) is 0.0952. The van der Waals surface area contributed by atoms with Crippen LogP contribution in [0.1, 0.15) is 28.9 Å². The zero-order valence-corrected chi connectivity index (χ0v) is 16.7. The van der Waals surface area contributed by atoms with Crippen molar-refractivity contribution in [3.05, 3.63) is 95.0 Å². The Morgan fingerprint density at radius 3 is 2.14 bits per heavy atom. The maximum atomic E-state index is 12.5. The van der Waals surface area contributed by atoms with Gasteiger partial charge < -0.3 is 5.32 Å². The Labute approximate surface area is 169 Å². The van der Waals surface area contributed by atoms with Gasteiger partial charge in [0.15, 0.2) is 0 Å². The second kappa shape index (κ2) is 8.46. The molecule has 0 fully saturated rings. The number of halogens is 1. The fourth-order valence-electron chi connectivity index (χ4n) is 2.65. The van der Waals surface area contributed by atoms with Crippen LogP contribution in [0.2, 0.25) is 5.02 Å².